The van der Waals surface area contributed by atoms with Crippen LogP contribution in [0.5, 0.6) is 0 Å². The number of hydrogen-bond acceptors (Lipinski definition) is 0. The second kappa shape index (κ2) is 7.63. The molecular weight excluding hydrogens is 294 g/mol. The summed E-state index contributed by atoms with van der Waals surface area (Å²) >= 11 is 0. The molecule has 2 aromatic rings. The van der Waals surface area contributed by atoms with Crippen molar-refractivity contribution in [2.24, 2.45) is 0 Å². The maximum atomic E-state index is 3.74. The van der Waals surface area contributed by atoms with E-state index < -0.39 is 8.07 Å². The highest BCUT2D eigenvalue weighted by atomic mass is 28.3. The van der Waals surface area contributed by atoms with Crippen molar-refractivity contribution < 1.29 is 4.90 Å². The van der Waals surface area contributed by atoms with Crippen LogP contribution in [0.1, 0.15) is 19.3 Å². The van der Waals surface area contributed by atoms with Crippen LogP contribution in [0.4, 0.5) is 0 Å². The molecule has 0 unspecified atom stereocenters. The highest BCUT2D eigenvalue weighted by molar-refractivity contribution is 7.07. The van der Waals surface area contributed by atoms with Gasteiger partial charge in [0.1, 0.15) is 6.54 Å². The van der Waals surface area contributed by atoms with Gasteiger partial charge in [-0.05, 0) is 35.6 Å². The zero-order valence-electron chi connectivity index (χ0n) is 14.0. The molecule has 2 aromatic carbocycles. The van der Waals surface area contributed by atoms with Crippen LogP contribution in [-0.2, 0) is 0 Å². The van der Waals surface area contributed by atoms with E-state index in [4.69, 9.17) is 0 Å². The zero-order chi connectivity index (χ0) is 16.0. The van der Waals surface area contributed by atoms with E-state index in [1.54, 1.807) is 4.90 Å². The number of benzene rings is 2. The third-order valence-corrected chi connectivity index (χ3v) is 8.59. The topological polar surface area (TPSA) is 4.44 Å². The first kappa shape index (κ1) is 16.0. The van der Waals surface area contributed by atoms with E-state index >= 15 is 0 Å². The van der Waals surface area contributed by atoms with Crippen LogP contribution in [0.15, 0.2) is 60.7 Å². The van der Waals surface area contributed by atoms with Gasteiger partial charge in [0.15, 0.2) is 8.07 Å². The van der Waals surface area contributed by atoms with E-state index in [0.29, 0.717) is 0 Å². The molecule has 0 bridgehead atoms. The molecule has 0 aliphatic carbocycles. The number of piperidine rings is 1. The molecule has 0 aromatic heterocycles. The Kier molecular flexibility index (Phi) is 5.33. The van der Waals surface area contributed by atoms with Gasteiger partial charge in [0.05, 0.1) is 13.1 Å². The lowest BCUT2D eigenvalue weighted by Crippen LogP contribution is -3.12. The standard InChI is InChI=1S/C21H25NSi/c1-23(20-12-5-2-6-13-20,21-14-7-3-8-15-21)19-11-18-22-16-9-4-10-17-22/h2-3,5-8,12-15H,4,9-10,16-18H2,1H3/p+1. The molecule has 0 saturated carbocycles. The molecule has 1 saturated heterocycles. The Balaban J connectivity index is 1.87. The first-order valence-corrected chi connectivity index (χ1v) is 11.2. The Hall–Kier alpha value is -1.82. The zero-order valence-corrected chi connectivity index (χ0v) is 15.0. The van der Waals surface area contributed by atoms with Crippen molar-refractivity contribution >= 4 is 18.4 Å². The maximum absolute atomic E-state index is 3.74. The van der Waals surface area contributed by atoms with E-state index in [-0.39, 0.29) is 0 Å². The molecule has 0 radical (unpaired) electrons. The van der Waals surface area contributed by atoms with Gasteiger partial charge in [-0.3, -0.25) is 0 Å². The third-order valence-electron chi connectivity index (χ3n) is 4.94. The summed E-state index contributed by atoms with van der Waals surface area (Å²) in [6, 6.07) is 21.8. The minimum Gasteiger partial charge on any atom is -0.325 e. The summed E-state index contributed by atoms with van der Waals surface area (Å²) in [5.41, 5.74) is 3.74. The van der Waals surface area contributed by atoms with Gasteiger partial charge in [0, 0.05) is 0 Å². The van der Waals surface area contributed by atoms with Crippen LogP contribution in [0.3, 0.4) is 0 Å². The van der Waals surface area contributed by atoms with Crippen molar-refractivity contribution in [2.75, 3.05) is 19.6 Å². The summed E-state index contributed by atoms with van der Waals surface area (Å²) < 4.78 is 0. The van der Waals surface area contributed by atoms with Crippen LogP contribution < -0.4 is 15.3 Å². The van der Waals surface area contributed by atoms with Crippen molar-refractivity contribution in [3.05, 3.63) is 60.7 Å². The first-order valence-electron chi connectivity index (χ1n) is 8.74. The third kappa shape index (κ3) is 3.93. The van der Waals surface area contributed by atoms with Gasteiger partial charge in [-0.25, -0.2) is 0 Å². The summed E-state index contributed by atoms with van der Waals surface area (Å²) in [6.45, 7) is 5.98. The molecule has 1 aliphatic heterocycles. The Bertz CT molecular complexity index is 624. The second-order valence-electron chi connectivity index (χ2n) is 6.65. The molecule has 0 spiro atoms. The lowest BCUT2D eigenvalue weighted by Gasteiger charge is -2.23. The Labute approximate surface area is 141 Å². The number of hydrogen-bond donors (Lipinski definition) is 1. The molecule has 2 heteroatoms. The van der Waals surface area contributed by atoms with Crippen molar-refractivity contribution in [1.29, 1.82) is 0 Å². The quantitative estimate of drug-likeness (QED) is 0.646. The SMILES string of the molecule is C[Si](C#CC[NH+]1CCCCC1)(c1ccccc1)c1ccccc1. The summed E-state index contributed by atoms with van der Waals surface area (Å²) in [7, 11) is -1.96. The van der Waals surface area contributed by atoms with Crippen LogP contribution in [0.25, 0.3) is 0 Å². The molecule has 23 heavy (non-hydrogen) atoms. The van der Waals surface area contributed by atoms with E-state index in [1.165, 1.54) is 42.7 Å². The molecular formula is C21H26NSi+. The summed E-state index contributed by atoms with van der Waals surface area (Å²) in [6.07, 6.45) is 4.13. The number of quaternary nitrogens is 1. The monoisotopic (exact) mass is 320 g/mol. The molecule has 3 rings (SSSR count). The van der Waals surface area contributed by atoms with Gasteiger partial charge in [0.2, 0.25) is 0 Å². The van der Waals surface area contributed by atoms with Gasteiger partial charge in [-0.1, -0.05) is 67.2 Å². The highest BCUT2D eigenvalue weighted by Gasteiger charge is 2.30. The average Bonchev–Trinajstić information content (AvgIpc) is 2.64. The fourth-order valence-corrected chi connectivity index (χ4v) is 6.21. The molecule has 118 valence electrons. The minimum atomic E-state index is -1.96. The summed E-state index contributed by atoms with van der Waals surface area (Å²) in [5.74, 6) is 3.57. The van der Waals surface area contributed by atoms with Gasteiger partial charge >= 0.3 is 0 Å². The van der Waals surface area contributed by atoms with Gasteiger partial charge < -0.3 is 4.90 Å². The van der Waals surface area contributed by atoms with Crippen molar-refractivity contribution in [1.82, 2.24) is 0 Å². The first-order chi connectivity index (χ1) is 11.3. The van der Waals surface area contributed by atoms with Crippen molar-refractivity contribution in [3.8, 4) is 11.5 Å². The fraction of sp³-hybridized carbons (Fsp3) is 0.333. The van der Waals surface area contributed by atoms with Gasteiger partial charge in [-0.2, -0.15) is 0 Å². The molecule has 1 nitrogen and oxygen atoms in total. The molecule has 1 N–H and O–H groups in total. The normalized spacial score (nSPS) is 15.7. The fourth-order valence-electron chi connectivity index (χ4n) is 3.43. The summed E-state index contributed by atoms with van der Waals surface area (Å²) in [5, 5.41) is 2.82. The summed E-state index contributed by atoms with van der Waals surface area (Å²) in [4.78, 5) is 1.67. The molecule has 1 fully saturated rings. The number of likely N-dealkylation sites (tertiary alicyclic amines) is 1. The molecule has 1 aliphatic rings. The second-order valence-corrected chi connectivity index (χ2v) is 10.3. The van der Waals surface area contributed by atoms with Gasteiger partial charge in [0.25, 0.3) is 0 Å². The number of nitrogens with one attached hydrogen (secondary N) is 1. The van der Waals surface area contributed by atoms with Crippen LogP contribution in [0.2, 0.25) is 6.55 Å². The largest absolute Gasteiger partial charge is 0.325 e. The smallest absolute Gasteiger partial charge is 0.196 e. The Morgan fingerprint density at radius 3 is 1.87 bits per heavy atom. The van der Waals surface area contributed by atoms with Gasteiger partial charge in [-0.15, -0.1) is 5.54 Å². The lowest BCUT2D eigenvalue weighted by atomic mass is 10.1. The molecule has 1 heterocycles. The van der Waals surface area contributed by atoms with E-state index in [0.717, 1.165) is 6.54 Å². The predicted octanol–water partition coefficient (Wildman–Crippen LogP) is 1.49. The van der Waals surface area contributed by atoms with Crippen LogP contribution in [0, 0.1) is 11.5 Å². The average molecular weight is 321 g/mol. The lowest BCUT2D eigenvalue weighted by molar-refractivity contribution is -0.897. The highest BCUT2D eigenvalue weighted by Crippen LogP contribution is 2.04. The molecule has 0 atom stereocenters. The van der Waals surface area contributed by atoms with Crippen LogP contribution in [-0.4, -0.2) is 27.7 Å². The Morgan fingerprint density at radius 2 is 1.35 bits per heavy atom. The van der Waals surface area contributed by atoms with E-state index in [1.807, 2.05) is 0 Å². The van der Waals surface area contributed by atoms with E-state index in [2.05, 4.69) is 78.7 Å². The predicted molar refractivity (Wildman–Crippen MR) is 101 cm³/mol. The number of rotatable bonds is 3. The van der Waals surface area contributed by atoms with Crippen LogP contribution >= 0.6 is 0 Å². The van der Waals surface area contributed by atoms with E-state index in [9.17, 15) is 0 Å². The Morgan fingerprint density at radius 1 is 0.826 bits per heavy atom. The van der Waals surface area contributed by atoms with Crippen molar-refractivity contribution in [3.63, 3.8) is 0 Å². The maximum Gasteiger partial charge on any atom is 0.196 e. The molecule has 0 amide bonds. The minimum absolute atomic E-state index is 1.00. The van der Waals surface area contributed by atoms with Crippen molar-refractivity contribution in [2.45, 2.75) is 25.8 Å².